The fourth-order valence-electron chi connectivity index (χ4n) is 2.18. The van der Waals surface area contributed by atoms with E-state index in [1.807, 2.05) is 12.1 Å². The second-order valence-corrected chi connectivity index (χ2v) is 6.47. The lowest BCUT2D eigenvalue weighted by molar-refractivity contribution is -0.117. The van der Waals surface area contributed by atoms with Crippen LogP contribution in [0.3, 0.4) is 0 Å². The van der Waals surface area contributed by atoms with Gasteiger partial charge in [-0.2, -0.15) is 0 Å². The first-order chi connectivity index (χ1) is 12.5. The summed E-state index contributed by atoms with van der Waals surface area (Å²) < 4.78 is 6.02. The van der Waals surface area contributed by atoms with E-state index in [0.29, 0.717) is 16.7 Å². The highest BCUT2D eigenvalue weighted by Crippen LogP contribution is 2.36. The number of nitrogens with one attached hydrogen (secondary N) is 3. The topological polar surface area (TPSA) is 132 Å². The second kappa shape index (κ2) is 7.99. The summed E-state index contributed by atoms with van der Waals surface area (Å²) in [4.78, 5) is 26.1. The predicted molar refractivity (Wildman–Crippen MR) is 101 cm³/mol. The standard InChI is InChI=1S/C16H14IN5O4/c17-9-3-4-12-11(6-9)14(15(24)20-12)22-21-13(23)8-19-16(25)18-7-10-2-1-5-26-10/h1-6,20,24H,7-8H2,(H2,18,19,25). The summed E-state index contributed by atoms with van der Waals surface area (Å²) in [5, 5.41) is 22.8. The Hall–Kier alpha value is -2.89. The minimum Gasteiger partial charge on any atom is -0.493 e. The van der Waals surface area contributed by atoms with E-state index < -0.39 is 11.9 Å². The number of furan rings is 1. The van der Waals surface area contributed by atoms with Crippen molar-refractivity contribution in [3.05, 3.63) is 45.9 Å². The molecule has 0 saturated carbocycles. The molecule has 26 heavy (non-hydrogen) atoms. The number of benzene rings is 1. The number of rotatable bonds is 5. The van der Waals surface area contributed by atoms with Crippen LogP contribution in [0.5, 0.6) is 5.88 Å². The van der Waals surface area contributed by atoms with Crippen LogP contribution in [0.4, 0.5) is 10.5 Å². The molecule has 1 aromatic carbocycles. The minimum atomic E-state index is -0.655. The largest absolute Gasteiger partial charge is 0.493 e. The molecule has 0 spiro atoms. The zero-order chi connectivity index (χ0) is 18.5. The summed E-state index contributed by atoms with van der Waals surface area (Å²) in [6.07, 6.45) is 1.50. The smallest absolute Gasteiger partial charge is 0.315 e. The Morgan fingerprint density at radius 3 is 2.88 bits per heavy atom. The molecule has 4 N–H and O–H groups in total. The van der Waals surface area contributed by atoms with Crippen molar-refractivity contribution in [1.29, 1.82) is 0 Å². The Balaban J connectivity index is 1.55. The molecule has 0 aliphatic rings. The molecular formula is C16H14IN5O4. The Bertz CT molecular complexity index is 965. The quantitative estimate of drug-likeness (QED) is 0.339. The zero-order valence-corrected chi connectivity index (χ0v) is 15.5. The molecule has 0 bridgehead atoms. The summed E-state index contributed by atoms with van der Waals surface area (Å²) in [6.45, 7) is -0.121. The molecule has 0 unspecified atom stereocenters. The highest BCUT2D eigenvalue weighted by molar-refractivity contribution is 14.1. The number of aromatic amines is 1. The van der Waals surface area contributed by atoms with Crippen molar-refractivity contribution in [2.75, 3.05) is 6.54 Å². The molecule has 2 aromatic heterocycles. The fourth-order valence-corrected chi connectivity index (χ4v) is 2.67. The van der Waals surface area contributed by atoms with Gasteiger partial charge in [0.05, 0.1) is 18.3 Å². The van der Waals surface area contributed by atoms with Crippen molar-refractivity contribution in [2.45, 2.75) is 6.54 Å². The van der Waals surface area contributed by atoms with Crippen molar-refractivity contribution in [1.82, 2.24) is 15.6 Å². The first-order valence-electron chi connectivity index (χ1n) is 7.52. The molecule has 0 aliphatic carbocycles. The maximum absolute atomic E-state index is 11.8. The van der Waals surface area contributed by atoms with Gasteiger partial charge in [0.15, 0.2) is 5.69 Å². The average molecular weight is 467 g/mol. The van der Waals surface area contributed by atoms with Gasteiger partial charge in [-0.05, 0) is 52.9 Å². The van der Waals surface area contributed by atoms with Gasteiger partial charge < -0.3 is 25.1 Å². The Kier molecular flexibility index (Phi) is 5.51. The van der Waals surface area contributed by atoms with Gasteiger partial charge in [-0.25, -0.2) is 4.79 Å². The Morgan fingerprint density at radius 2 is 2.12 bits per heavy atom. The molecule has 0 radical (unpaired) electrons. The van der Waals surface area contributed by atoms with Crippen LogP contribution in [0.2, 0.25) is 0 Å². The molecule has 9 nitrogen and oxygen atoms in total. The van der Waals surface area contributed by atoms with Gasteiger partial charge in [-0.3, -0.25) is 4.79 Å². The van der Waals surface area contributed by atoms with E-state index in [0.717, 1.165) is 3.57 Å². The Labute approximate surface area is 161 Å². The van der Waals surface area contributed by atoms with Crippen LogP contribution in [-0.4, -0.2) is 28.6 Å². The van der Waals surface area contributed by atoms with Crippen LogP contribution in [0, 0.1) is 3.57 Å². The van der Waals surface area contributed by atoms with Gasteiger partial charge in [0.25, 0.3) is 5.91 Å². The average Bonchev–Trinajstić information content (AvgIpc) is 3.23. The summed E-state index contributed by atoms with van der Waals surface area (Å²) in [5.74, 6) is -0.240. The van der Waals surface area contributed by atoms with Gasteiger partial charge in [-0.15, -0.1) is 10.2 Å². The summed E-state index contributed by atoms with van der Waals surface area (Å²) in [6, 6.07) is 8.37. The number of fused-ring (bicyclic) bond motifs is 1. The predicted octanol–water partition coefficient (Wildman–Crippen LogP) is 3.18. The number of carbonyl (C=O) groups excluding carboxylic acids is 2. The van der Waals surface area contributed by atoms with Crippen molar-refractivity contribution in [3.63, 3.8) is 0 Å². The van der Waals surface area contributed by atoms with Crippen molar-refractivity contribution >= 4 is 51.1 Å². The molecule has 134 valence electrons. The lowest BCUT2D eigenvalue weighted by Gasteiger charge is -2.03. The monoisotopic (exact) mass is 467 g/mol. The van der Waals surface area contributed by atoms with E-state index in [4.69, 9.17) is 4.42 Å². The van der Waals surface area contributed by atoms with Crippen molar-refractivity contribution < 1.29 is 19.1 Å². The molecule has 3 aromatic rings. The first kappa shape index (κ1) is 17.9. The maximum atomic E-state index is 11.8. The van der Waals surface area contributed by atoms with E-state index in [1.165, 1.54) is 6.26 Å². The van der Waals surface area contributed by atoms with Crippen LogP contribution in [-0.2, 0) is 11.3 Å². The number of nitrogens with zero attached hydrogens (tertiary/aromatic N) is 2. The van der Waals surface area contributed by atoms with E-state index >= 15 is 0 Å². The molecule has 3 amide bonds. The van der Waals surface area contributed by atoms with E-state index in [1.54, 1.807) is 18.2 Å². The van der Waals surface area contributed by atoms with Crippen LogP contribution < -0.4 is 10.6 Å². The molecule has 0 atom stereocenters. The number of aromatic hydroxyl groups is 1. The summed E-state index contributed by atoms with van der Waals surface area (Å²) >= 11 is 2.13. The molecule has 2 heterocycles. The third-order valence-corrected chi connectivity index (χ3v) is 4.05. The minimum absolute atomic E-state index is 0.175. The highest BCUT2D eigenvalue weighted by Gasteiger charge is 2.12. The number of urea groups is 1. The lowest BCUT2D eigenvalue weighted by atomic mass is 10.2. The van der Waals surface area contributed by atoms with E-state index in [9.17, 15) is 14.7 Å². The number of aromatic nitrogens is 1. The number of hydrogen-bond acceptors (Lipinski definition) is 5. The number of amides is 3. The lowest BCUT2D eigenvalue weighted by Crippen LogP contribution is -2.37. The maximum Gasteiger partial charge on any atom is 0.315 e. The number of H-pyrrole nitrogens is 1. The van der Waals surface area contributed by atoms with Gasteiger partial charge in [0.2, 0.25) is 5.88 Å². The van der Waals surface area contributed by atoms with Crippen LogP contribution in [0.25, 0.3) is 10.9 Å². The van der Waals surface area contributed by atoms with Crippen molar-refractivity contribution in [3.8, 4) is 5.88 Å². The molecular weight excluding hydrogens is 453 g/mol. The molecule has 10 heteroatoms. The van der Waals surface area contributed by atoms with Crippen molar-refractivity contribution in [2.24, 2.45) is 10.2 Å². The number of azo groups is 1. The van der Waals surface area contributed by atoms with Crippen LogP contribution in [0.1, 0.15) is 5.76 Å². The molecule has 0 fully saturated rings. The normalized spacial score (nSPS) is 11.1. The third-order valence-electron chi connectivity index (χ3n) is 3.38. The van der Waals surface area contributed by atoms with Gasteiger partial charge in [0.1, 0.15) is 12.3 Å². The molecule has 0 saturated heterocycles. The number of hydrogen-bond donors (Lipinski definition) is 4. The van der Waals surface area contributed by atoms with Crippen LogP contribution in [0.15, 0.2) is 51.2 Å². The van der Waals surface area contributed by atoms with Gasteiger partial charge >= 0.3 is 6.03 Å². The van der Waals surface area contributed by atoms with Crippen LogP contribution >= 0.6 is 22.6 Å². The first-order valence-corrected chi connectivity index (χ1v) is 8.59. The van der Waals surface area contributed by atoms with E-state index in [2.05, 4.69) is 48.4 Å². The SMILES string of the molecule is O=C(CNC(=O)NCc1ccco1)N=Nc1c(O)[nH]c2ccc(I)cc12. The van der Waals surface area contributed by atoms with E-state index in [-0.39, 0.29) is 24.7 Å². The highest BCUT2D eigenvalue weighted by atomic mass is 127. The molecule has 3 rings (SSSR count). The summed E-state index contributed by atoms with van der Waals surface area (Å²) in [5.41, 5.74) is 0.855. The summed E-state index contributed by atoms with van der Waals surface area (Å²) in [7, 11) is 0. The van der Waals surface area contributed by atoms with Gasteiger partial charge in [-0.1, -0.05) is 0 Å². The Morgan fingerprint density at radius 1 is 1.27 bits per heavy atom. The number of halogens is 1. The number of carbonyl (C=O) groups is 2. The zero-order valence-electron chi connectivity index (χ0n) is 13.3. The van der Waals surface area contributed by atoms with Gasteiger partial charge in [0, 0.05) is 8.96 Å². The third kappa shape index (κ3) is 4.39. The fraction of sp³-hybridized carbons (Fsp3) is 0.125. The second-order valence-electron chi connectivity index (χ2n) is 5.22. The molecule has 0 aliphatic heterocycles.